The van der Waals surface area contributed by atoms with E-state index in [2.05, 4.69) is 4.90 Å². The van der Waals surface area contributed by atoms with Gasteiger partial charge < -0.3 is 10.6 Å². The van der Waals surface area contributed by atoms with Gasteiger partial charge in [-0.2, -0.15) is 0 Å². The summed E-state index contributed by atoms with van der Waals surface area (Å²) in [6.07, 6.45) is 1.71. The Morgan fingerprint density at radius 1 is 1.17 bits per heavy atom. The second kappa shape index (κ2) is 5.18. The Morgan fingerprint density at radius 3 is 2.57 bits per heavy atom. The van der Waals surface area contributed by atoms with E-state index in [0.29, 0.717) is 16.5 Å². The van der Waals surface area contributed by atoms with Crippen molar-refractivity contribution in [3.05, 3.63) is 41.4 Å². The lowest BCUT2D eigenvalue weighted by Gasteiger charge is -2.50. The Hall–Kier alpha value is -1.14. The standard InChI is InChI=1S/C17H19ClN2O2S/c18-16-3-1-2-12-10-14(4-5-15(12)16)23(21,22)17(19)11-20-8-6-13(17)7-9-20/h1-5,10,13H,6-9,11,19H2. The number of fused-ring (bicyclic) bond motifs is 4. The minimum Gasteiger partial charge on any atom is -0.311 e. The molecule has 2 bridgehead atoms. The zero-order valence-corrected chi connectivity index (χ0v) is 14.3. The quantitative estimate of drug-likeness (QED) is 0.904. The van der Waals surface area contributed by atoms with E-state index in [4.69, 9.17) is 17.3 Å². The molecule has 3 aliphatic rings. The summed E-state index contributed by atoms with van der Waals surface area (Å²) < 4.78 is 26.5. The summed E-state index contributed by atoms with van der Waals surface area (Å²) in [6, 6.07) is 10.6. The predicted molar refractivity (Wildman–Crippen MR) is 92.2 cm³/mol. The summed E-state index contributed by atoms with van der Waals surface area (Å²) in [7, 11) is -3.60. The molecule has 0 amide bonds. The van der Waals surface area contributed by atoms with Gasteiger partial charge in [-0.1, -0.05) is 29.8 Å². The highest BCUT2D eigenvalue weighted by atomic mass is 35.5. The van der Waals surface area contributed by atoms with Gasteiger partial charge in [0.05, 0.1) is 4.90 Å². The fourth-order valence-corrected chi connectivity index (χ4v) is 6.21. The van der Waals surface area contributed by atoms with E-state index in [1.165, 1.54) is 0 Å². The van der Waals surface area contributed by atoms with Gasteiger partial charge in [-0.15, -0.1) is 0 Å². The first kappa shape index (κ1) is 15.4. The molecule has 3 fully saturated rings. The number of benzene rings is 2. The SMILES string of the molecule is NC1(S(=O)(=O)c2ccc3c(Cl)cccc3c2)CN2CCC1CC2. The maximum Gasteiger partial charge on any atom is 0.198 e. The first-order chi connectivity index (χ1) is 10.9. The van der Waals surface area contributed by atoms with Gasteiger partial charge in [-0.3, -0.25) is 0 Å². The molecule has 0 radical (unpaired) electrons. The average molecular weight is 351 g/mol. The Bertz CT molecular complexity index is 875. The normalized spacial score (nSPS) is 30.7. The molecule has 2 aromatic carbocycles. The Balaban J connectivity index is 1.83. The highest BCUT2D eigenvalue weighted by molar-refractivity contribution is 7.92. The molecule has 1 unspecified atom stereocenters. The van der Waals surface area contributed by atoms with Gasteiger partial charge in [0.1, 0.15) is 4.87 Å². The molecule has 0 aliphatic carbocycles. The fraction of sp³-hybridized carbons (Fsp3) is 0.412. The number of nitrogens with zero attached hydrogens (tertiary/aromatic N) is 1. The first-order valence-corrected chi connectivity index (χ1v) is 9.72. The average Bonchev–Trinajstić information content (AvgIpc) is 2.55. The molecule has 0 aromatic heterocycles. The van der Waals surface area contributed by atoms with Crippen LogP contribution in [0.3, 0.4) is 0 Å². The van der Waals surface area contributed by atoms with Gasteiger partial charge in [0.15, 0.2) is 9.84 Å². The van der Waals surface area contributed by atoms with E-state index in [-0.39, 0.29) is 5.92 Å². The number of rotatable bonds is 2. The van der Waals surface area contributed by atoms with Crippen molar-refractivity contribution in [1.82, 2.24) is 4.90 Å². The van der Waals surface area contributed by atoms with Gasteiger partial charge in [0.2, 0.25) is 0 Å². The van der Waals surface area contributed by atoms with Crippen molar-refractivity contribution in [2.45, 2.75) is 22.6 Å². The molecule has 0 saturated carbocycles. The van der Waals surface area contributed by atoms with Crippen LogP contribution in [0.15, 0.2) is 41.3 Å². The topological polar surface area (TPSA) is 63.4 Å². The van der Waals surface area contributed by atoms with Gasteiger partial charge in [0.25, 0.3) is 0 Å². The fourth-order valence-electron chi connectivity index (χ4n) is 3.97. The van der Waals surface area contributed by atoms with E-state index in [0.717, 1.165) is 36.7 Å². The maximum atomic E-state index is 13.2. The van der Waals surface area contributed by atoms with Crippen molar-refractivity contribution in [1.29, 1.82) is 0 Å². The van der Waals surface area contributed by atoms with Crippen molar-refractivity contribution >= 4 is 32.2 Å². The van der Waals surface area contributed by atoms with Crippen molar-refractivity contribution in [2.75, 3.05) is 19.6 Å². The highest BCUT2D eigenvalue weighted by Gasteiger charge is 2.53. The molecule has 6 heteroatoms. The summed E-state index contributed by atoms with van der Waals surface area (Å²) in [5.41, 5.74) is 6.47. The molecule has 3 aliphatic heterocycles. The summed E-state index contributed by atoms with van der Waals surface area (Å²) in [5, 5.41) is 2.30. The lowest BCUT2D eigenvalue weighted by atomic mass is 9.84. The molecule has 0 spiro atoms. The number of sulfone groups is 1. The molecule has 3 heterocycles. The Morgan fingerprint density at radius 2 is 1.91 bits per heavy atom. The molecule has 122 valence electrons. The van der Waals surface area contributed by atoms with Crippen LogP contribution in [0, 0.1) is 5.92 Å². The largest absolute Gasteiger partial charge is 0.311 e. The van der Waals surface area contributed by atoms with E-state index >= 15 is 0 Å². The van der Waals surface area contributed by atoms with Crippen LogP contribution in [0.4, 0.5) is 0 Å². The minimum atomic E-state index is -3.60. The van der Waals surface area contributed by atoms with Crippen molar-refractivity contribution in [2.24, 2.45) is 11.7 Å². The van der Waals surface area contributed by atoms with Crippen LogP contribution >= 0.6 is 11.6 Å². The zero-order chi connectivity index (χ0) is 16.2. The Kier molecular flexibility index (Phi) is 3.47. The lowest BCUT2D eigenvalue weighted by molar-refractivity contribution is 0.0691. The Labute approximate surface area is 141 Å². The number of nitrogens with two attached hydrogens (primary N) is 1. The molecule has 3 saturated heterocycles. The van der Waals surface area contributed by atoms with Crippen LogP contribution in [0.2, 0.25) is 5.02 Å². The second-order valence-corrected chi connectivity index (χ2v) is 9.28. The van der Waals surface area contributed by atoms with E-state index < -0.39 is 14.7 Å². The van der Waals surface area contributed by atoms with Crippen LogP contribution in [0.25, 0.3) is 10.8 Å². The molecule has 23 heavy (non-hydrogen) atoms. The van der Waals surface area contributed by atoms with E-state index in [1.807, 2.05) is 12.1 Å². The van der Waals surface area contributed by atoms with Crippen molar-refractivity contribution in [3.8, 4) is 0 Å². The molecule has 2 N–H and O–H groups in total. The lowest BCUT2D eigenvalue weighted by Crippen LogP contribution is -2.67. The number of halogens is 1. The number of hydrogen-bond donors (Lipinski definition) is 1. The monoisotopic (exact) mass is 350 g/mol. The van der Waals surface area contributed by atoms with Crippen LogP contribution in [0.1, 0.15) is 12.8 Å². The van der Waals surface area contributed by atoms with Gasteiger partial charge >= 0.3 is 0 Å². The predicted octanol–water partition coefficient (Wildman–Crippen LogP) is 2.65. The highest BCUT2D eigenvalue weighted by Crippen LogP contribution is 2.40. The molecular formula is C17H19ClN2O2S. The zero-order valence-electron chi connectivity index (χ0n) is 12.7. The molecular weight excluding hydrogens is 332 g/mol. The van der Waals surface area contributed by atoms with Crippen molar-refractivity contribution < 1.29 is 8.42 Å². The molecule has 5 rings (SSSR count). The van der Waals surface area contributed by atoms with Crippen LogP contribution in [-0.4, -0.2) is 37.8 Å². The van der Waals surface area contributed by atoms with Crippen molar-refractivity contribution in [3.63, 3.8) is 0 Å². The van der Waals surface area contributed by atoms with Crippen LogP contribution < -0.4 is 5.73 Å². The third-order valence-corrected chi connectivity index (χ3v) is 8.03. The smallest absolute Gasteiger partial charge is 0.198 e. The summed E-state index contributed by atoms with van der Waals surface area (Å²) in [6.45, 7) is 2.33. The molecule has 2 aromatic rings. The summed E-state index contributed by atoms with van der Waals surface area (Å²) >= 11 is 6.17. The van der Waals surface area contributed by atoms with E-state index in [1.54, 1.807) is 24.3 Å². The molecule has 4 nitrogen and oxygen atoms in total. The third kappa shape index (κ3) is 2.22. The first-order valence-electron chi connectivity index (χ1n) is 7.86. The third-order valence-electron chi connectivity index (χ3n) is 5.36. The second-order valence-electron chi connectivity index (χ2n) is 6.63. The number of piperidine rings is 3. The number of hydrogen-bond acceptors (Lipinski definition) is 4. The van der Waals surface area contributed by atoms with Gasteiger partial charge in [-0.05, 0) is 55.4 Å². The van der Waals surface area contributed by atoms with E-state index in [9.17, 15) is 8.42 Å². The van der Waals surface area contributed by atoms with Gasteiger partial charge in [0, 0.05) is 17.0 Å². The van der Waals surface area contributed by atoms with Gasteiger partial charge in [-0.25, -0.2) is 8.42 Å². The van der Waals surface area contributed by atoms with Crippen LogP contribution in [0.5, 0.6) is 0 Å². The molecule has 1 atom stereocenters. The summed E-state index contributed by atoms with van der Waals surface area (Å²) in [4.78, 5) is 1.27. The maximum absolute atomic E-state index is 13.2. The summed E-state index contributed by atoms with van der Waals surface area (Å²) in [5.74, 6) is 0.0348. The minimum absolute atomic E-state index is 0.0348. The van der Waals surface area contributed by atoms with Crippen LogP contribution in [-0.2, 0) is 9.84 Å².